The number of hydrogen-bond acceptors (Lipinski definition) is 8. The summed E-state index contributed by atoms with van der Waals surface area (Å²) in [7, 11) is 1.16. The Morgan fingerprint density at radius 1 is 1.09 bits per heavy atom. The van der Waals surface area contributed by atoms with Crippen LogP contribution in [0.1, 0.15) is 25.7 Å². The SMILES string of the molecule is COC(=O)NC(CCCCNC(=O)O)C(=O)NCCNC(=O)CCN1C(=O)C=C(SC)C1=O. The van der Waals surface area contributed by atoms with Crippen LogP contribution in [-0.2, 0) is 23.9 Å². The summed E-state index contributed by atoms with van der Waals surface area (Å²) in [5.74, 6) is -1.75. The maximum atomic E-state index is 12.3. The molecular formula is C19H29N5O8S. The predicted octanol–water partition coefficient (Wildman–Crippen LogP) is -0.613. The Labute approximate surface area is 195 Å². The molecule has 1 unspecified atom stereocenters. The highest BCUT2D eigenvalue weighted by molar-refractivity contribution is 8.03. The van der Waals surface area contributed by atoms with Gasteiger partial charge in [0.1, 0.15) is 6.04 Å². The Bertz CT molecular complexity index is 788. The van der Waals surface area contributed by atoms with Crippen LogP contribution in [0.15, 0.2) is 11.0 Å². The van der Waals surface area contributed by atoms with E-state index in [4.69, 9.17) is 5.11 Å². The van der Waals surface area contributed by atoms with E-state index in [1.165, 1.54) is 6.08 Å². The summed E-state index contributed by atoms with van der Waals surface area (Å²) in [6.45, 7) is 0.369. The maximum absolute atomic E-state index is 12.3. The lowest BCUT2D eigenvalue weighted by Gasteiger charge is -2.18. The van der Waals surface area contributed by atoms with Gasteiger partial charge >= 0.3 is 12.2 Å². The predicted molar refractivity (Wildman–Crippen MR) is 118 cm³/mol. The van der Waals surface area contributed by atoms with Crippen molar-refractivity contribution in [1.82, 2.24) is 26.2 Å². The van der Waals surface area contributed by atoms with E-state index < -0.39 is 41.9 Å². The molecule has 184 valence electrons. The summed E-state index contributed by atoms with van der Waals surface area (Å²) in [4.78, 5) is 71.3. The van der Waals surface area contributed by atoms with Crippen LogP contribution in [0.4, 0.5) is 9.59 Å². The van der Waals surface area contributed by atoms with E-state index in [0.29, 0.717) is 17.7 Å². The first-order valence-electron chi connectivity index (χ1n) is 10.2. The number of carbonyl (C=O) groups excluding carboxylic acids is 5. The molecule has 33 heavy (non-hydrogen) atoms. The van der Waals surface area contributed by atoms with E-state index in [2.05, 4.69) is 26.0 Å². The third-order valence-electron chi connectivity index (χ3n) is 4.50. The minimum absolute atomic E-state index is 0.0434. The molecule has 6 amide bonds. The molecule has 0 saturated carbocycles. The van der Waals surface area contributed by atoms with Gasteiger partial charge in [-0.3, -0.25) is 24.1 Å². The van der Waals surface area contributed by atoms with E-state index in [1.54, 1.807) is 6.26 Å². The third-order valence-corrected chi connectivity index (χ3v) is 5.23. The van der Waals surface area contributed by atoms with Gasteiger partial charge in [0.2, 0.25) is 11.8 Å². The number of carboxylic acid groups (broad SMARTS) is 1. The zero-order valence-electron chi connectivity index (χ0n) is 18.5. The van der Waals surface area contributed by atoms with Crippen molar-refractivity contribution < 1.29 is 38.6 Å². The van der Waals surface area contributed by atoms with Crippen molar-refractivity contribution in [2.75, 3.05) is 39.5 Å². The van der Waals surface area contributed by atoms with Crippen LogP contribution in [-0.4, -0.2) is 91.4 Å². The van der Waals surface area contributed by atoms with Gasteiger partial charge in [0, 0.05) is 38.7 Å². The first-order valence-corrected chi connectivity index (χ1v) is 11.4. The first kappa shape index (κ1) is 27.7. The summed E-state index contributed by atoms with van der Waals surface area (Å²) in [6, 6.07) is -0.886. The van der Waals surface area contributed by atoms with Crippen LogP contribution in [0.2, 0.25) is 0 Å². The van der Waals surface area contributed by atoms with Crippen molar-refractivity contribution in [3.05, 3.63) is 11.0 Å². The lowest BCUT2D eigenvalue weighted by atomic mass is 10.1. The van der Waals surface area contributed by atoms with Crippen molar-refractivity contribution in [3.8, 4) is 0 Å². The fourth-order valence-electron chi connectivity index (χ4n) is 2.79. The number of thioether (sulfide) groups is 1. The van der Waals surface area contributed by atoms with Gasteiger partial charge in [-0.15, -0.1) is 11.8 Å². The van der Waals surface area contributed by atoms with Crippen LogP contribution in [0.3, 0.4) is 0 Å². The lowest BCUT2D eigenvalue weighted by Crippen LogP contribution is -2.48. The van der Waals surface area contributed by atoms with Gasteiger partial charge in [-0.05, 0) is 25.5 Å². The summed E-state index contributed by atoms with van der Waals surface area (Å²) in [6.07, 6.45) is 2.14. The number of nitrogens with one attached hydrogen (secondary N) is 4. The number of ether oxygens (including phenoxy) is 1. The van der Waals surface area contributed by atoms with Crippen molar-refractivity contribution in [2.24, 2.45) is 0 Å². The Morgan fingerprint density at radius 2 is 1.79 bits per heavy atom. The molecule has 0 radical (unpaired) electrons. The van der Waals surface area contributed by atoms with Gasteiger partial charge in [0.15, 0.2) is 0 Å². The Balaban J connectivity index is 2.33. The molecule has 1 aliphatic heterocycles. The minimum atomic E-state index is -1.14. The molecule has 13 nitrogen and oxygen atoms in total. The molecule has 0 aromatic rings. The highest BCUT2D eigenvalue weighted by Crippen LogP contribution is 2.21. The zero-order chi connectivity index (χ0) is 24.8. The number of alkyl carbamates (subject to hydrolysis) is 1. The molecule has 0 bridgehead atoms. The summed E-state index contributed by atoms with van der Waals surface area (Å²) in [5.41, 5.74) is 0. The third kappa shape index (κ3) is 10.2. The van der Waals surface area contributed by atoms with Crippen molar-refractivity contribution >= 4 is 47.6 Å². The average molecular weight is 488 g/mol. The number of carbonyl (C=O) groups is 6. The fraction of sp³-hybridized carbons (Fsp3) is 0.579. The Morgan fingerprint density at radius 3 is 2.39 bits per heavy atom. The highest BCUT2D eigenvalue weighted by Gasteiger charge is 2.30. The number of unbranched alkanes of at least 4 members (excludes halogenated alkanes) is 1. The minimum Gasteiger partial charge on any atom is -0.465 e. The van der Waals surface area contributed by atoms with Crippen molar-refractivity contribution in [2.45, 2.75) is 31.7 Å². The molecule has 1 aliphatic rings. The van der Waals surface area contributed by atoms with E-state index in [9.17, 15) is 28.8 Å². The number of amides is 6. The van der Waals surface area contributed by atoms with Crippen molar-refractivity contribution in [1.29, 1.82) is 0 Å². The number of nitrogens with zero attached hydrogens (tertiary/aromatic N) is 1. The van der Waals surface area contributed by atoms with Gasteiger partial charge in [-0.1, -0.05) is 0 Å². The Kier molecular flexibility index (Phi) is 12.4. The van der Waals surface area contributed by atoms with Gasteiger partial charge in [0.05, 0.1) is 12.0 Å². The molecule has 0 aromatic heterocycles. The zero-order valence-corrected chi connectivity index (χ0v) is 19.3. The molecule has 0 aliphatic carbocycles. The molecule has 0 fully saturated rings. The van der Waals surface area contributed by atoms with Gasteiger partial charge in [-0.25, -0.2) is 9.59 Å². The lowest BCUT2D eigenvalue weighted by molar-refractivity contribution is -0.137. The second-order valence-electron chi connectivity index (χ2n) is 6.81. The molecule has 5 N–H and O–H groups in total. The molecule has 0 spiro atoms. The number of methoxy groups -OCH3 is 1. The maximum Gasteiger partial charge on any atom is 0.407 e. The van der Waals surface area contributed by atoms with Crippen LogP contribution < -0.4 is 21.3 Å². The Hall–Kier alpha value is -3.29. The normalized spacial score (nSPS) is 13.8. The number of rotatable bonds is 14. The van der Waals surface area contributed by atoms with Crippen LogP contribution >= 0.6 is 11.8 Å². The van der Waals surface area contributed by atoms with Crippen LogP contribution in [0.25, 0.3) is 0 Å². The fourth-order valence-corrected chi connectivity index (χ4v) is 3.30. The van der Waals surface area contributed by atoms with Gasteiger partial charge < -0.3 is 31.1 Å². The van der Waals surface area contributed by atoms with E-state index in [0.717, 1.165) is 23.8 Å². The molecule has 1 heterocycles. The van der Waals surface area contributed by atoms with Crippen LogP contribution in [0, 0.1) is 0 Å². The molecular weight excluding hydrogens is 458 g/mol. The molecule has 0 aromatic carbocycles. The van der Waals surface area contributed by atoms with E-state index in [1.807, 2.05) is 0 Å². The van der Waals surface area contributed by atoms with Gasteiger partial charge in [-0.2, -0.15) is 0 Å². The van der Waals surface area contributed by atoms with Gasteiger partial charge in [0.25, 0.3) is 11.8 Å². The topological polar surface area (TPSA) is 183 Å². The summed E-state index contributed by atoms with van der Waals surface area (Å²) in [5, 5.41) is 18.3. The molecule has 0 saturated heterocycles. The first-order chi connectivity index (χ1) is 15.7. The van der Waals surface area contributed by atoms with Crippen molar-refractivity contribution in [3.63, 3.8) is 0 Å². The number of imide groups is 1. The van der Waals surface area contributed by atoms with Crippen LogP contribution in [0.5, 0.6) is 0 Å². The summed E-state index contributed by atoms with van der Waals surface area (Å²) < 4.78 is 4.51. The largest absolute Gasteiger partial charge is 0.465 e. The monoisotopic (exact) mass is 487 g/mol. The summed E-state index contributed by atoms with van der Waals surface area (Å²) >= 11 is 1.16. The second-order valence-corrected chi connectivity index (χ2v) is 7.66. The standard InChI is InChI=1S/C19H29N5O8S/c1-32-19(31)23-12(5-3-4-7-22-18(29)30)16(27)21-9-8-20-14(25)6-10-24-15(26)11-13(33-2)17(24)28/h11-12,22H,3-10H2,1-2H3,(H,20,25)(H,21,27)(H,23,31)(H,29,30). The van der Waals surface area contributed by atoms with E-state index in [-0.39, 0.29) is 39.0 Å². The second kappa shape index (κ2) is 14.7. The molecule has 1 atom stereocenters. The molecule has 14 heteroatoms. The quantitative estimate of drug-likeness (QED) is 0.157. The smallest absolute Gasteiger partial charge is 0.407 e. The van der Waals surface area contributed by atoms with E-state index >= 15 is 0 Å². The number of hydrogen-bond donors (Lipinski definition) is 5. The highest BCUT2D eigenvalue weighted by atomic mass is 32.2. The molecule has 1 rings (SSSR count). The average Bonchev–Trinajstić information content (AvgIpc) is 3.06.